The number of aromatic nitrogens is 4. The minimum absolute atomic E-state index is 0. The Bertz CT molecular complexity index is 2220. The number of rotatable bonds is 2. The zero-order valence-electron chi connectivity index (χ0n) is 27.5. The van der Waals surface area contributed by atoms with Gasteiger partial charge in [-0.3, -0.25) is 4.79 Å². The minimum atomic E-state index is -0.592. The molecule has 0 amide bonds. The van der Waals surface area contributed by atoms with Gasteiger partial charge in [0.15, 0.2) is 5.78 Å². The molecular formula is C41H36N4OZn. The van der Waals surface area contributed by atoms with Crippen LogP contribution in [0.4, 0.5) is 0 Å². The van der Waals surface area contributed by atoms with E-state index in [1.807, 2.05) is 24.3 Å². The summed E-state index contributed by atoms with van der Waals surface area (Å²) >= 11 is 0. The van der Waals surface area contributed by atoms with E-state index in [2.05, 4.69) is 88.4 Å². The Morgan fingerprint density at radius 3 is 1.87 bits per heavy atom. The van der Waals surface area contributed by atoms with Crippen molar-refractivity contribution in [3.63, 3.8) is 0 Å². The van der Waals surface area contributed by atoms with Crippen molar-refractivity contribution in [2.24, 2.45) is 0 Å². The van der Waals surface area contributed by atoms with Crippen LogP contribution in [0.15, 0.2) is 72.8 Å². The predicted molar refractivity (Wildman–Crippen MR) is 187 cm³/mol. The van der Waals surface area contributed by atoms with Gasteiger partial charge in [-0.05, 0) is 92.1 Å². The van der Waals surface area contributed by atoms with Crippen LogP contribution in [0.5, 0.6) is 0 Å². The van der Waals surface area contributed by atoms with Crippen molar-refractivity contribution in [2.75, 3.05) is 0 Å². The fourth-order valence-corrected chi connectivity index (χ4v) is 7.78. The summed E-state index contributed by atoms with van der Waals surface area (Å²) in [5, 5.41) is 0. The molecule has 0 atom stereocenters. The smallest absolute Gasteiger partial charge is 0.657 e. The van der Waals surface area contributed by atoms with Gasteiger partial charge in [0.05, 0.1) is 22.5 Å². The van der Waals surface area contributed by atoms with Crippen LogP contribution in [-0.2, 0) is 24.9 Å². The van der Waals surface area contributed by atoms with E-state index in [1.165, 1.54) is 22.3 Å². The fourth-order valence-electron chi connectivity index (χ4n) is 7.78. The third-order valence-electron chi connectivity index (χ3n) is 9.93. The molecule has 6 heteroatoms. The second-order valence-corrected chi connectivity index (χ2v) is 13.3. The molecule has 1 aliphatic carbocycles. The average molecular weight is 666 g/mol. The van der Waals surface area contributed by atoms with Gasteiger partial charge in [0.25, 0.3) is 0 Å². The van der Waals surface area contributed by atoms with E-state index in [4.69, 9.17) is 19.9 Å². The first kappa shape index (κ1) is 31.2. The van der Waals surface area contributed by atoms with Crippen molar-refractivity contribution >= 4 is 40.0 Å². The first-order chi connectivity index (χ1) is 22.3. The zero-order valence-corrected chi connectivity index (χ0v) is 30.5. The molecular weight excluding hydrogens is 630 g/mol. The van der Waals surface area contributed by atoms with Crippen molar-refractivity contribution < 1.29 is 24.3 Å². The Labute approximate surface area is 288 Å². The van der Waals surface area contributed by atoms with Gasteiger partial charge in [0.2, 0.25) is 0 Å². The first-order valence-electron chi connectivity index (χ1n) is 16.3. The molecule has 5 heterocycles. The molecule has 47 heavy (non-hydrogen) atoms. The number of hydrogen-bond acceptors (Lipinski definition) is 3. The normalized spacial score (nSPS) is 15.2. The Kier molecular flexibility index (Phi) is 7.96. The predicted octanol–water partition coefficient (Wildman–Crippen LogP) is 9.39. The number of aryl methyl sites for hydroxylation is 4. The maximum atomic E-state index is 14.2. The SMILES string of the molecule is Cc1ccc(-c2c3nc(c(-c4c(C)cc(C)cc4C)c4ccc(cc5nc(cc6ccc2[n-]6)C2(CCCCC2)C5=O)[n-]4)C=C3)cc1.[Zn+2]. The molecule has 8 rings (SSSR count). The summed E-state index contributed by atoms with van der Waals surface area (Å²) in [4.78, 5) is 34.8. The van der Waals surface area contributed by atoms with Crippen molar-refractivity contribution in [3.8, 4) is 22.3 Å². The minimum Gasteiger partial charge on any atom is -0.657 e. The van der Waals surface area contributed by atoms with E-state index in [0.717, 1.165) is 93.5 Å². The van der Waals surface area contributed by atoms with Gasteiger partial charge >= 0.3 is 19.5 Å². The van der Waals surface area contributed by atoms with Crippen molar-refractivity contribution in [1.82, 2.24) is 19.9 Å². The number of Topliss-reactive ketones (excluding diaryl/α,β-unsaturated/α-hetero) is 1. The number of hydrogen-bond donors (Lipinski definition) is 0. The molecule has 1 saturated carbocycles. The monoisotopic (exact) mass is 664 g/mol. The zero-order chi connectivity index (χ0) is 31.6. The summed E-state index contributed by atoms with van der Waals surface area (Å²) in [6.07, 6.45) is 9.03. The molecule has 1 spiro atoms. The topological polar surface area (TPSA) is 71.1 Å². The van der Waals surface area contributed by atoms with Gasteiger partial charge in [-0.15, -0.1) is 22.1 Å². The standard InChI is InChI=1S/C41H37N4O.Zn/c1-24-8-10-28(11-9-24)38-31-14-13-30(43-31)23-36-41(18-6-5-7-19-41)40(46)35(45-36)22-29-12-15-33(42-29)39(34-17-16-32(38)44-34)37-26(3)20-25(2)21-27(37)4;/h8-17,20-23H,5-7,18-19H2,1-4H3,(H-,42,43,44,45,46);/q-1;+2/p-1. The van der Waals surface area contributed by atoms with Gasteiger partial charge in [-0.25, -0.2) is 9.97 Å². The maximum Gasteiger partial charge on any atom is 2.00 e. The summed E-state index contributed by atoms with van der Waals surface area (Å²) < 4.78 is 0. The quantitative estimate of drug-likeness (QED) is 0.172. The second-order valence-electron chi connectivity index (χ2n) is 13.3. The molecule has 0 saturated heterocycles. The first-order valence-corrected chi connectivity index (χ1v) is 16.3. The van der Waals surface area contributed by atoms with Gasteiger partial charge in [0.1, 0.15) is 5.69 Å². The largest absolute Gasteiger partial charge is 2.00 e. The second kappa shape index (κ2) is 12.0. The van der Waals surface area contributed by atoms with Gasteiger partial charge < -0.3 is 9.97 Å². The molecule has 0 radical (unpaired) electrons. The molecule has 3 aliphatic rings. The molecule has 2 aliphatic heterocycles. The van der Waals surface area contributed by atoms with Crippen LogP contribution in [0.2, 0.25) is 0 Å². The molecule has 0 N–H and O–H groups in total. The molecule has 228 valence electrons. The van der Waals surface area contributed by atoms with Crippen molar-refractivity contribution in [2.45, 2.75) is 65.2 Å². The molecule has 1 fully saturated rings. The van der Waals surface area contributed by atoms with Crippen LogP contribution in [0, 0.1) is 27.7 Å². The molecule has 5 aromatic rings. The Balaban J connectivity index is 0.00000351. The number of benzene rings is 2. The summed E-state index contributed by atoms with van der Waals surface area (Å²) in [7, 11) is 0. The van der Waals surface area contributed by atoms with Crippen LogP contribution in [-0.4, -0.2) is 15.8 Å². The summed E-state index contributed by atoms with van der Waals surface area (Å²) in [5.74, 6) is 0.113. The Morgan fingerprint density at radius 2 is 1.21 bits per heavy atom. The van der Waals surface area contributed by atoms with Crippen LogP contribution in [0.25, 0.3) is 56.5 Å². The number of carbonyl (C=O) groups is 1. The third kappa shape index (κ3) is 5.33. The van der Waals surface area contributed by atoms with E-state index < -0.39 is 5.41 Å². The van der Waals surface area contributed by atoms with E-state index in [1.54, 1.807) is 0 Å². The van der Waals surface area contributed by atoms with E-state index in [9.17, 15) is 4.79 Å². The van der Waals surface area contributed by atoms with Crippen LogP contribution >= 0.6 is 0 Å². The van der Waals surface area contributed by atoms with E-state index in [0.29, 0.717) is 5.69 Å². The molecule has 3 aromatic heterocycles. The number of nitrogens with zero attached hydrogens (tertiary/aromatic N) is 4. The third-order valence-corrected chi connectivity index (χ3v) is 9.93. The van der Waals surface area contributed by atoms with Crippen molar-refractivity contribution in [3.05, 3.63) is 118 Å². The van der Waals surface area contributed by atoms with Gasteiger partial charge in [0, 0.05) is 0 Å². The fraction of sp³-hybridized carbons (Fsp3) is 0.244. The maximum absolute atomic E-state index is 14.2. The van der Waals surface area contributed by atoms with Crippen LogP contribution < -0.4 is 9.97 Å². The molecule has 8 bridgehead atoms. The van der Waals surface area contributed by atoms with Crippen LogP contribution in [0.1, 0.15) is 81.9 Å². The summed E-state index contributed by atoms with van der Waals surface area (Å²) in [6.45, 7) is 8.54. The molecule has 0 unspecified atom stereocenters. The summed E-state index contributed by atoms with van der Waals surface area (Å²) in [5.41, 5.74) is 14.6. The number of ketones is 1. The Hall–Kier alpha value is -4.41. The van der Waals surface area contributed by atoms with Gasteiger partial charge in [-0.1, -0.05) is 97.1 Å². The molecule has 2 aromatic carbocycles. The van der Waals surface area contributed by atoms with Crippen molar-refractivity contribution in [1.29, 1.82) is 0 Å². The number of fused-ring (bicyclic) bond motifs is 9. The van der Waals surface area contributed by atoms with Gasteiger partial charge in [-0.2, -0.15) is 0 Å². The average Bonchev–Trinajstić information content (AvgIpc) is 3.84. The van der Waals surface area contributed by atoms with Crippen LogP contribution in [0.3, 0.4) is 0 Å². The number of carbonyl (C=O) groups excluding carboxylic acids is 1. The Morgan fingerprint density at radius 1 is 0.617 bits per heavy atom. The molecule has 5 nitrogen and oxygen atoms in total. The van der Waals surface area contributed by atoms with E-state index in [-0.39, 0.29) is 25.3 Å². The summed E-state index contributed by atoms with van der Waals surface area (Å²) in [6, 6.07) is 25.1. The van der Waals surface area contributed by atoms with E-state index >= 15 is 0 Å².